The SMILES string of the molecule is COc1cncc(-c2cc(F)c(F)cc2C#N)c1. The van der Waals surface area contributed by atoms with Crippen molar-refractivity contribution in [1.29, 1.82) is 5.26 Å². The first-order valence-corrected chi connectivity index (χ1v) is 5.04. The predicted molar refractivity (Wildman–Crippen MR) is 60.9 cm³/mol. The first kappa shape index (κ1) is 12.0. The summed E-state index contributed by atoms with van der Waals surface area (Å²) in [5, 5.41) is 8.93. The number of hydrogen-bond acceptors (Lipinski definition) is 3. The van der Waals surface area contributed by atoms with Crippen LogP contribution in [0, 0.1) is 23.0 Å². The van der Waals surface area contributed by atoms with Gasteiger partial charge in [-0.3, -0.25) is 4.98 Å². The standard InChI is InChI=1S/C13H8F2N2O/c1-18-10-2-9(6-17-7-10)11-4-13(15)12(14)3-8(11)5-16/h2-4,6-7H,1H3. The van der Waals surface area contributed by atoms with Crippen LogP contribution in [0.25, 0.3) is 11.1 Å². The van der Waals surface area contributed by atoms with Crippen molar-refractivity contribution in [3.8, 4) is 22.9 Å². The topological polar surface area (TPSA) is 45.9 Å². The molecule has 18 heavy (non-hydrogen) atoms. The second-order valence-electron chi connectivity index (χ2n) is 3.54. The minimum Gasteiger partial charge on any atom is -0.495 e. The van der Waals surface area contributed by atoms with Crippen LogP contribution < -0.4 is 4.74 Å². The normalized spacial score (nSPS) is 9.89. The third-order valence-corrected chi connectivity index (χ3v) is 2.44. The smallest absolute Gasteiger partial charge is 0.160 e. The van der Waals surface area contributed by atoms with Gasteiger partial charge in [0.15, 0.2) is 11.6 Å². The molecule has 5 heteroatoms. The summed E-state index contributed by atoms with van der Waals surface area (Å²) in [6, 6.07) is 5.26. The van der Waals surface area contributed by atoms with Crippen molar-refractivity contribution in [2.45, 2.75) is 0 Å². The van der Waals surface area contributed by atoms with E-state index in [-0.39, 0.29) is 11.1 Å². The fourth-order valence-corrected chi connectivity index (χ4v) is 1.56. The molecule has 2 aromatic rings. The number of ether oxygens (including phenoxy) is 1. The van der Waals surface area contributed by atoms with Gasteiger partial charge in [0, 0.05) is 17.3 Å². The van der Waals surface area contributed by atoms with Gasteiger partial charge in [-0.25, -0.2) is 8.78 Å². The molecule has 0 aliphatic carbocycles. The third kappa shape index (κ3) is 2.13. The lowest BCUT2D eigenvalue weighted by molar-refractivity contribution is 0.413. The fourth-order valence-electron chi connectivity index (χ4n) is 1.56. The zero-order valence-electron chi connectivity index (χ0n) is 9.45. The van der Waals surface area contributed by atoms with Crippen LogP contribution in [0.1, 0.15) is 5.56 Å². The van der Waals surface area contributed by atoms with Crippen LogP contribution in [0.2, 0.25) is 0 Å². The van der Waals surface area contributed by atoms with E-state index < -0.39 is 11.6 Å². The Morgan fingerprint density at radius 3 is 2.56 bits per heavy atom. The van der Waals surface area contributed by atoms with E-state index in [0.29, 0.717) is 11.3 Å². The molecule has 0 saturated carbocycles. The van der Waals surface area contributed by atoms with Crippen molar-refractivity contribution in [3.05, 3.63) is 47.8 Å². The van der Waals surface area contributed by atoms with Gasteiger partial charge in [-0.2, -0.15) is 5.26 Å². The van der Waals surface area contributed by atoms with Crippen molar-refractivity contribution in [1.82, 2.24) is 4.98 Å². The molecule has 3 nitrogen and oxygen atoms in total. The van der Waals surface area contributed by atoms with Gasteiger partial charge in [-0.1, -0.05) is 0 Å². The Balaban J connectivity index is 2.63. The maximum absolute atomic E-state index is 13.2. The average molecular weight is 246 g/mol. The molecular weight excluding hydrogens is 238 g/mol. The quantitative estimate of drug-likeness (QED) is 0.818. The highest BCUT2D eigenvalue weighted by atomic mass is 19.2. The van der Waals surface area contributed by atoms with E-state index >= 15 is 0 Å². The predicted octanol–water partition coefficient (Wildman–Crippen LogP) is 2.91. The van der Waals surface area contributed by atoms with E-state index in [9.17, 15) is 8.78 Å². The van der Waals surface area contributed by atoms with Crippen LogP contribution in [0.5, 0.6) is 5.75 Å². The zero-order chi connectivity index (χ0) is 13.1. The summed E-state index contributed by atoms with van der Waals surface area (Å²) in [7, 11) is 1.47. The molecule has 0 bridgehead atoms. The van der Waals surface area contributed by atoms with Crippen molar-refractivity contribution in [3.63, 3.8) is 0 Å². The lowest BCUT2D eigenvalue weighted by Gasteiger charge is -2.06. The molecule has 0 fully saturated rings. The molecule has 0 amide bonds. The summed E-state index contributed by atoms with van der Waals surface area (Å²) in [5.74, 6) is -1.58. The highest BCUT2D eigenvalue weighted by molar-refractivity contribution is 5.70. The van der Waals surface area contributed by atoms with Gasteiger partial charge < -0.3 is 4.74 Å². The second-order valence-corrected chi connectivity index (χ2v) is 3.54. The molecule has 0 radical (unpaired) electrons. The van der Waals surface area contributed by atoms with Gasteiger partial charge in [0.25, 0.3) is 0 Å². The van der Waals surface area contributed by atoms with Crippen LogP contribution in [0.15, 0.2) is 30.6 Å². The first-order valence-electron chi connectivity index (χ1n) is 5.04. The zero-order valence-corrected chi connectivity index (χ0v) is 9.45. The maximum Gasteiger partial charge on any atom is 0.160 e. The first-order chi connectivity index (χ1) is 8.65. The molecule has 1 heterocycles. The van der Waals surface area contributed by atoms with Gasteiger partial charge in [-0.05, 0) is 18.2 Å². The molecule has 0 spiro atoms. The van der Waals surface area contributed by atoms with Gasteiger partial charge in [0.2, 0.25) is 0 Å². The molecule has 0 atom stereocenters. The summed E-state index contributed by atoms with van der Waals surface area (Å²) in [6.45, 7) is 0. The van der Waals surface area contributed by atoms with Crippen LogP contribution in [0.3, 0.4) is 0 Å². The Hall–Kier alpha value is -2.48. The van der Waals surface area contributed by atoms with Crippen LogP contribution in [-0.2, 0) is 0 Å². The number of methoxy groups -OCH3 is 1. The minimum absolute atomic E-state index is 0.0453. The summed E-state index contributed by atoms with van der Waals surface area (Å²) >= 11 is 0. The van der Waals surface area contributed by atoms with E-state index in [1.165, 1.54) is 19.5 Å². The number of halogens is 2. The minimum atomic E-state index is -1.05. The molecule has 0 aliphatic heterocycles. The highest BCUT2D eigenvalue weighted by Crippen LogP contribution is 2.27. The summed E-state index contributed by atoms with van der Waals surface area (Å²) < 4.78 is 31.3. The molecule has 2 rings (SSSR count). The highest BCUT2D eigenvalue weighted by Gasteiger charge is 2.12. The van der Waals surface area contributed by atoms with Crippen LogP contribution >= 0.6 is 0 Å². The van der Waals surface area contributed by atoms with E-state index in [1.807, 2.05) is 6.07 Å². The van der Waals surface area contributed by atoms with Gasteiger partial charge in [0.05, 0.1) is 24.9 Å². The Kier molecular flexibility index (Phi) is 3.20. The van der Waals surface area contributed by atoms with Gasteiger partial charge >= 0.3 is 0 Å². The number of benzene rings is 1. The molecule has 1 aromatic heterocycles. The van der Waals surface area contributed by atoms with Crippen LogP contribution in [-0.4, -0.2) is 12.1 Å². The van der Waals surface area contributed by atoms with E-state index in [2.05, 4.69) is 4.98 Å². The second kappa shape index (κ2) is 4.80. The van der Waals surface area contributed by atoms with Crippen LogP contribution in [0.4, 0.5) is 8.78 Å². The van der Waals surface area contributed by atoms with E-state index in [4.69, 9.17) is 10.00 Å². The summed E-state index contributed by atoms with van der Waals surface area (Å²) in [5.41, 5.74) is 0.816. The maximum atomic E-state index is 13.2. The number of nitrogens with zero attached hydrogens (tertiary/aromatic N) is 2. The molecule has 0 unspecified atom stereocenters. The number of aromatic nitrogens is 1. The summed E-state index contributed by atoms with van der Waals surface area (Å²) in [4.78, 5) is 3.91. The number of hydrogen-bond donors (Lipinski definition) is 0. The van der Waals surface area contributed by atoms with E-state index in [0.717, 1.165) is 12.1 Å². The average Bonchev–Trinajstić information content (AvgIpc) is 2.41. The molecule has 0 saturated heterocycles. The molecule has 0 N–H and O–H groups in total. The Bertz CT molecular complexity index is 635. The summed E-state index contributed by atoms with van der Waals surface area (Å²) in [6.07, 6.45) is 2.94. The molecule has 1 aromatic carbocycles. The Morgan fingerprint density at radius 2 is 1.89 bits per heavy atom. The van der Waals surface area contributed by atoms with E-state index in [1.54, 1.807) is 6.07 Å². The van der Waals surface area contributed by atoms with Crippen molar-refractivity contribution in [2.75, 3.05) is 7.11 Å². The number of nitriles is 1. The number of rotatable bonds is 2. The monoisotopic (exact) mass is 246 g/mol. The van der Waals surface area contributed by atoms with Gasteiger partial charge in [0.1, 0.15) is 5.75 Å². The molecule has 0 aliphatic rings. The Labute approximate surface area is 102 Å². The van der Waals surface area contributed by atoms with Crippen molar-refractivity contribution < 1.29 is 13.5 Å². The Morgan fingerprint density at radius 1 is 1.17 bits per heavy atom. The number of pyridine rings is 1. The third-order valence-electron chi connectivity index (χ3n) is 2.44. The lowest BCUT2D eigenvalue weighted by atomic mass is 10.0. The largest absolute Gasteiger partial charge is 0.495 e. The molecule has 90 valence electrons. The van der Waals surface area contributed by atoms with Crippen molar-refractivity contribution in [2.24, 2.45) is 0 Å². The fraction of sp³-hybridized carbons (Fsp3) is 0.0769. The lowest BCUT2D eigenvalue weighted by Crippen LogP contribution is -1.93. The van der Waals surface area contributed by atoms with Crippen molar-refractivity contribution >= 4 is 0 Å². The van der Waals surface area contributed by atoms with Gasteiger partial charge in [-0.15, -0.1) is 0 Å². The molecular formula is C13H8F2N2O.